The summed E-state index contributed by atoms with van der Waals surface area (Å²) in [5.74, 6) is 0. The van der Waals surface area contributed by atoms with Crippen molar-refractivity contribution in [2.75, 3.05) is 40.0 Å². The number of fused-ring (bicyclic) bond motifs is 1. The van der Waals surface area contributed by atoms with Crippen LogP contribution in [0.2, 0.25) is 0 Å². The third-order valence-electron chi connectivity index (χ3n) is 3.42. The van der Waals surface area contributed by atoms with Gasteiger partial charge in [0.25, 0.3) is 0 Å². The van der Waals surface area contributed by atoms with E-state index in [1.165, 1.54) is 4.83 Å². The zero-order chi connectivity index (χ0) is 9.65. The zero-order valence-electron chi connectivity index (χ0n) is 8.75. The van der Waals surface area contributed by atoms with Crippen LogP contribution in [0.15, 0.2) is 0 Å². The third-order valence-corrected chi connectivity index (χ3v) is 4.94. The zero-order valence-corrected chi connectivity index (χ0v) is 10.3. The molecule has 3 aliphatic rings. The molecule has 15 heavy (non-hydrogen) atoms. The topological polar surface area (TPSA) is 36.9 Å². The Morgan fingerprint density at radius 3 is 1.47 bits per heavy atom. The molecule has 3 fully saturated rings. The Bertz CT molecular complexity index is 214. The van der Waals surface area contributed by atoms with Crippen molar-refractivity contribution >= 4 is 15.9 Å². The molecule has 6 heteroatoms. The minimum Gasteiger partial charge on any atom is -0.357 e. The van der Waals surface area contributed by atoms with Crippen LogP contribution >= 0.6 is 15.9 Å². The molecule has 1 saturated carbocycles. The average Bonchev–Trinajstić information content (AvgIpc) is 2.70. The fourth-order valence-corrected chi connectivity index (χ4v) is 3.57. The molecule has 3 rings (SSSR count). The van der Waals surface area contributed by atoms with Crippen LogP contribution in [0.4, 0.5) is 0 Å². The van der Waals surface area contributed by atoms with Crippen LogP contribution in [0.1, 0.15) is 0 Å². The van der Waals surface area contributed by atoms with Gasteiger partial charge in [0, 0.05) is 26.4 Å². The van der Waals surface area contributed by atoms with Crippen molar-refractivity contribution < 1.29 is 37.8 Å². The molecule has 2 saturated heterocycles. The molecule has 0 amide bonds. The molecule has 0 unspecified atom stereocenters. The van der Waals surface area contributed by atoms with Gasteiger partial charge in [-0.05, 0) is 0 Å². The van der Waals surface area contributed by atoms with E-state index in [0.717, 1.165) is 0 Å². The van der Waals surface area contributed by atoms with Crippen LogP contribution < -0.4 is 18.9 Å². The number of rotatable bonds is 0. The molecule has 2 spiro atoms. The van der Waals surface area contributed by atoms with Crippen LogP contribution in [0, 0.1) is 15.7 Å². The monoisotopic (exact) mass is 270 g/mol. The molecule has 0 radical (unpaired) electrons. The molecule has 0 aromatic rings. The first-order valence-corrected chi connectivity index (χ1v) is 5.46. The van der Waals surface area contributed by atoms with Crippen molar-refractivity contribution in [3.63, 3.8) is 0 Å². The Kier molecular flexibility index (Phi) is 3.55. The number of halogens is 1. The predicted molar refractivity (Wildman–Crippen MR) is 50.6 cm³/mol. The van der Waals surface area contributed by atoms with Crippen molar-refractivity contribution in [3.05, 3.63) is 4.83 Å². The van der Waals surface area contributed by atoms with E-state index in [9.17, 15) is 0 Å². The summed E-state index contributed by atoms with van der Waals surface area (Å²) in [6.07, 6.45) is 0. The van der Waals surface area contributed by atoms with Gasteiger partial charge >= 0.3 is 18.9 Å². The van der Waals surface area contributed by atoms with Crippen molar-refractivity contribution in [3.8, 4) is 0 Å². The van der Waals surface area contributed by atoms with Crippen molar-refractivity contribution in [1.29, 1.82) is 0 Å². The van der Waals surface area contributed by atoms with Crippen molar-refractivity contribution in [2.45, 2.75) is 0 Å². The second-order valence-electron chi connectivity index (χ2n) is 4.11. The summed E-state index contributed by atoms with van der Waals surface area (Å²) in [6.45, 7) is 3.64. The van der Waals surface area contributed by atoms with E-state index in [2.05, 4.69) is 15.9 Å². The van der Waals surface area contributed by atoms with E-state index in [1.807, 2.05) is 0 Å². The number of hydrogen-bond acceptors (Lipinski definition) is 4. The second-order valence-corrected chi connectivity index (χ2v) is 4.90. The molecule has 0 N–H and O–H groups in total. The van der Waals surface area contributed by atoms with Gasteiger partial charge in [0.2, 0.25) is 0 Å². The van der Waals surface area contributed by atoms with Gasteiger partial charge in [0.15, 0.2) is 0 Å². The molecular weight excluding hydrogens is 259 g/mol. The van der Waals surface area contributed by atoms with Gasteiger partial charge in [-0.25, -0.2) is 4.83 Å². The Morgan fingerprint density at radius 2 is 1.13 bits per heavy atom. The molecular formula is C9H12BrLiO4. The molecule has 4 nitrogen and oxygen atoms in total. The van der Waals surface area contributed by atoms with E-state index in [1.54, 1.807) is 0 Å². The molecule has 1 aliphatic carbocycles. The largest absolute Gasteiger partial charge is 1.00 e. The Balaban J connectivity index is 0.000000853. The summed E-state index contributed by atoms with van der Waals surface area (Å²) in [7, 11) is 0. The second kappa shape index (κ2) is 4.30. The molecule has 0 atom stereocenters. The van der Waals surface area contributed by atoms with Gasteiger partial charge in [-0.2, -0.15) is 0 Å². The summed E-state index contributed by atoms with van der Waals surface area (Å²) in [4.78, 5) is 1.23. The van der Waals surface area contributed by atoms with E-state index >= 15 is 0 Å². The van der Waals surface area contributed by atoms with E-state index in [-0.39, 0.29) is 29.7 Å². The maximum Gasteiger partial charge on any atom is 1.00 e. The van der Waals surface area contributed by atoms with E-state index < -0.39 is 0 Å². The SMILES string of the molecule is Br[C-]1C2(COCOC2)C12COCOC2.[Li+]. The van der Waals surface area contributed by atoms with Crippen molar-refractivity contribution in [2.24, 2.45) is 10.8 Å². The van der Waals surface area contributed by atoms with Crippen LogP contribution in [0.25, 0.3) is 0 Å². The fourth-order valence-electron chi connectivity index (χ4n) is 2.45. The maximum atomic E-state index is 5.36. The minimum atomic E-state index is -0.00826. The molecule has 2 aliphatic heterocycles. The standard InChI is InChI=1S/C9H12BrO4.Li/c10-7-8(1-11-5-12-2-8)9(7)3-13-6-14-4-9;/h1-6H2;/q-1;+1. The summed E-state index contributed by atoms with van der Waals surface area (Å²) in [6, 6.07) is 0. The summed E-state index contributed by atoms with van der Waals surface area (Å²) >= 11 is 3.62. The van der Waals surface area contributed by atoms with Crippen molar-refractivity contribution in [1.82, 2.24) is 0 Å². The first kappa shape index (κ1) is 12.4. The van der Waals surface area contributed by atoms with Gasteiger partial charge in [0.1, 0.15) is 13.6 Å². The summed E-state index contributed by atoms with van der Waals surface area (Å²) < 4.78 is 21.4. The smallest absolute Gasteiger partial charge is 0.357 e. The first-order chi connectivity index (χ1) is 6.82. The van der Waals surface area contributed by atoms with E-state index in [0.29, 0.717) is 40.0 Å². The third kappa shape index (κ3) is 1.56. The van der Waals surface area contributed by atoms with Crippen LogP contribution in [0.5, 0.6) is 0 Å². The Hall–Kier alpha value is 0.917. The van der Waals surface area contributed by atoms with Gasteiger partial charge in [0.05, 0.1) is 0 Å². The average molecular weight is 271 g/mol. The van der Waals surface area contributed by atoms with Crippen LogP contribution in [0.3, 0.4) is 0 Å². The van der Waals surface area contributed by atoms with Gasteiger partial charge in [-0.15, -0.1) is 10.8 Å². The van der Waals surface area contributed by atoms with Gasteiger partial charge < -0.3 is 34.9 Å². The summed E-state index contributed by atoms with van der Waals surface area (Å²) in [5.41, 5.74) is -0.0165. The van der Waals surface area contributed by atoms with Gasteiger partial charge in [-0.1, -0.05) is 0 Å². The molecule has 80 valence electrons. The number of ether oxygens (including phenoxy) is 4. The Labute approximate surface area is 109 Å². The summed E-state index contributed by atoms with van der Waals surface area (Å²) in [5, 5.41) is 0. The van der Waals surface area contributed by atoms with Crippen LogP contribution in [-0.4, -0.2) is 40.0 Å². The predicted octanol–water partition coefficient (Wildman–Crippen LogP) is -2.09. The molecule has 0 aromatic heterocycles. The Morgan fingerprint density at radius 1 is 0.800 bits per heavy atom. The molecule has 0 aromatic carbocycles. The van der Waals surface area contributed by atoms with Gasteiger partial charge in [-0.3, -0.25) is 0 Å². The number of hydrogen-bond donors (Lipinski definition) is 0. The quantitative estimate of drug-likeness (QED) is 0.374. The fraction of sp³-hybridized carbons (Fsp3) is 0.889. The normalized spacial score (nSPS) is 32.6. The van der Waals surface area contributed by atoms with E-state index in [4.69, 9.17) is 18.9 Å². The maximum absolute atomic E-state index is 5.36. The molecule has 0 bridgehead atoms. The molecule has 2 heterocycles. The first-order valence-electron chi connectivity index (χ1n) is 4.66. The minimum absolute atomic E-state index is 0. The van der Waals surface area contributed by atoms with Crippen LogP contribution in [-0.2, 0) is 18.9 Å².